The highest BCUT2D eigenvalue weighted by Gasteiger charge is 2.31. The number of carbonyl (C=O) groups excluding carboxylic acids is 2. The number of fused-ring (bicyclic) bond motifs is 6. The number of pyridine rings is 2. The molecular weight excluding hydrogens is 582 g/mol. The Balaban J connectivity index is 1.64. The summed E-state index contributed by atoms with van der Waals surface area (Å²) in [6.07, 6.45) is 0. The zero-order valence-corrected chi connectivity index (χ0v) is 27.0. The molecule has 0 unspecified atom stereocenters. The van der Waals surface area contributed by atoms with E-state index in [9.17, 15) is 9.59 Å². The van der Waals surface area contributed by atoms with Gasteiger partial charge in [-0.1, -0.05) is 117 Å². The van der Waals surface area contributed by atoms with Gasteiger partial charge < -0.3 is 9.47 Å². The third-order valence-corrected chi connectivity index (χ3v) is 9.50. The SMILES string of the molecule is COC(=O)c1ccc(-c2c3c4ccccc4c4cc(C(C)(C)C)cc5c6ccccc6c([c-]2-c2ccc(C(=O)OC)cc2)[n+]3c45)cc1. The summed E-state index contributed by atoms with van der Waals surface area (Å²) in [5.74, 6) is -0.750. The van der Waals surface area contributed by atoms with E-state index < -0.39 is 0 Å². The van der Waals surface area contributed by atoms with Crippen molar-refractivity contribution >= 4 is 60.8 Å². The molecule has 0 bridgehead atoms. The largest absolute Gasteiger partial charge is 0.465 e. The van der Waals surface area contributed by atoms with Crippen LogP contribution in [0.5, 0.6) is 0 Å². The van der Waals surface area contributed by atoms with E-state index in [1.54, 1.807) is 0 Å². The number of ether oxygens (including phenoxy) is 2. The van der Waals surface area contributed by atoms with Crippen LogP contribution in [-0.2, 0) is 14.9 Å². The number of methoxy groups -OCH3 is 2. The zero-order valence-electron chi connectivity index (χ0n) is 27.0. The van der Waals surface area contributed by atoms with Crippen LogP contribution in [0.2, 0.25) is 0 Å². The molecule has 0 amide bonds. The number of benzene rings is 5. The maximum absolute atomic E-state index is 12.4. The fourth-order valence-corrected chi connectivity index (χ4v) is 7.22. The van der Waals surface area contributed by atoms with Gasteiger partial charge in [-0.2, -0.15) is 4.40 Å². The van der Waals surface area contributed by atoms with E-state index in [4.69, 9.17) is 9.47 Å². The Morgan fingerprint density at radius 1 is 0.596 bits per heavy atom. The van der Waals surface area contributed by atoms with Gasteiger partial charge in [0.2, 0.25) is 5.52 Å². The van der Waals surface area contributed by atoms with Crippen LogP contribution in [0.4, 0.5) is 0 Å². The normalized spacial score (nSPS) is 12.1. The number of nitrogens with zero attached hydrogens (tertiary/aromatic N) is 1. The van der Waals surface area contributed by atoms with E-state index >= 15 is 0 Å². The molecule has 230 valence electrons. The number of hydrogen-bond acceptors (Lipinski definition) is 4. The van der Waals surface area contributed by atoms with Crippen molar-refractivity contribution in [3.05, 3.63) is 126 Å². The van der Waals surface area contributed by atoms with E-state index in [1.165, 1.54) is 46.8 Å². The van der Waals surface area contributed by atoms with Crippen molar-refractivity contribution in [3.63, 3.8) is 0 Å². The van der Waals surface area contributed by atoms with E-state index in [0.717, 1.165) is 44.1 Å². The van der Waals surface area contributed by atoms with Crippen molar-refractivity contribution in [1.82, 2.24) is 0 Å². The first-order valence-electron chi connectivity index (χ1n) is 15.8. The Labute approximate surface area is 272 Å². The average molecular weight is 616 g/mol. The summed E-state index contributed by atoms with van der Waals surface area (Å²) in [5.41, 5.74) is 9.65. The Morgan fingerprint density at radius 2 is 1.09 bits per heavy atom. The van der Waals surface area contributed by atoms with Crippen molar-refractivity contribution in [1.29, 1.82) is 0 Å². The smallest absolute Gasteiger partial charge is 0.337 e. The fraction of sp³-hybridized carbons (Fsp3) is 0.143. The summed E-state index contributed by atoms with van der Waals surface area (Å²) in [6, 6.07) is 37.4. The van der Waals surface area contributed by atoms with Gasteiger partial charge in [0.05, 0.1) is 25.2 Å². The van der Waals surface area contributed by atoms with Gasteiger partial charge in [-0.25, -0.2) is 9.59 Å². The second-order valence-corrected chi connectivity index (χ2v) is 13.2. The van der Waals surface area contributed by atoms with Gasteiger partial charge in [0.1, 0.15) is 0 Å². The molecule has 3 heterocycles. The van der Waals surface area contributed by atoms with Gasteiger partial charge in [-0.15, -0.1) is 12.1 Å². The molecule has 0 spiro atoms. The monoisotopic (exact) mass is 615 g/mol. The molecule has 0 atom stereocenters. The molecule has 8 aromatic rings. The molecule has 0 saturated heterocycles. The Bertz CT molecular complexity index is 2370. The molecule has 0 aliphatic rings. The van der Waals surface area contributed by atoms with E-state index in [0.29, 0.717) is 11.1 Å². The molecule has 0 N–H and O–H groups in total. The second kappa shape index (κ2) is 10.4. The molecule has 0 aliphatic carbocycles. The predicted molar refractivity (Wildman–Crippen MR) is 189 cm³/mol. The lowest BCUT2D eigenvalue weighted by molar-refractivity contribution is -0.445. The third kappa shape index (κ3) is 4.23. The maximum Gasteiger partial charge on any atom is 0.337 e. The number of aromatic nitrogens is 1. The number of rotatable bonds is 4. The van der Waals surface area contributed by atoms with Gasteiger partial charge in [0.25, 0.3) is 0 Å². The van der Waals surface area contributed by atoms with E-state index in [1.807, 2.05) is 48.5 Å². The molecule has 8 rings (SSSR count). The quantitative estimate of drug-likeness (QED) is 0.0651. The maximum atomic E-state index is 12.4. The van der Waals surface area contributed by atoms with Crippen molar-refractivity contribution in [2.45, 2.75) is 26.2 Å². The van der Waals surface area contributed by atoms with Crippen LogP contribution >= 0.6 is 0 Å². The average Bonchev–Trinajstić information content (AvgIpc) is 3.47. The summed E-state index contributed by atoms with van der Waals surface area (Å²) in [7, 11) is 2.79. The standard InChI is InChI=1S/C42H33NO4/c1-42(2,3)28-22-33-29-10-6-8-12-31(29)38-35(24-14-18-26(19-15-24)40(44)46-4)36(25-16-20-27(21-17-25)41(45)47-5)39-32-13-9-7-11-30(32)34(23-28)37(33)43(38)39/h6-23H,1-5H3. The predicted octanol–water partition coefficient (Wildman–Crippen LogP) is 9.40. The molecule has 0 aliphatic heterocycles. The highest BCUT2D eigenvalue weighted by Crippen LogP contribution is 2.47. The summed E-state index contributed by atoms with van der Waals surface area (Å²) in [5, 5.41) is 7.07. The topological polar surface area (TPSA) is 56.7 Å². The van der Waals surface area contributed by atoms with Crippen LogP contribution < -0.4 is 4.40 Å². The van der Waals surface area contributed by atoms with Crippen molar-refractivity contribution < 1.29 is 23.5 Å². The Kier molecular flexibility index (Phi) is 6.38. The van der Waals surface area contributed by atoms with E-state index in [-0.39, 0.29) is 17.4 Å². The molecule has 5 aromatic carbocycles. The first-order valence-corrected chi connectivity index (χ1v) is 15.8. The van der Waals surface area contributed by atoms with Gasteiger partial charge in [0.15, 0.2) is 11.0 Å². The summed E-state index contributed by atoms with van der Waals surface area (Å²) in [4.78, 5) is 24.8. The molecule has 0 fully saturated rings. The lowest BCUT2D eigenvalue weighted by Crippen LogP contribution is -2.24. The lowest BCUT2D eigenvalue weighted by atomic mass is 9.84. The van der Waals surface area contributed by atoms with Gasteiger partial charge in [-0.05, 0) is 45.0 Å². The number of carbonyl (C=O) groups is 2. The summed E-state index contributed by atoms with van der Waals surface area (Å²) >= 11 is 0. The summed E-state index contributed by atoms with van der Waals surface area (Å²) < 4.78 is 12.5. The first kappa shape index (κ1) is 28.8. The van der Waals surface area contributed by atoms with E-state index in [2.05, 4.69) is 85.8 Å². The minimum Gasteiger partial charge on any atom is -0.465 e. The second-order valence-electron chi connectivity index (χ2n) is 13.2. The van der Waals surface area contributed by atoms with Crippen LogP contribution in [-0.4, -0.2) is 26.2 Å². The molecule has 5 nitrogen and oxygen atoms in total. The van der Waals surface area contributed by atoms with Gasteiger partial charge >= 0.3 is 11.9 Å². The number of esters is 2. The fourth-order valence-electron chi connectivity index (χ4n) is 7.22. The van der Waals surface area contributed by atoms with Gasteiger partial charge in [-0.3, -0.25) is 0 Å². The van der Waals surface area contributed by atoms with Crippen molar-refractivity contribution in [3.8, 4) is 22.3 Å². The van der Waals surface area contributed by atoms with Crippen LogP contribution in [0.25, 0.3) is 71.1 Å². The Hall–Kier alpha value is -5.68. The first-order chi connectivity index (χ1) is 22.7. The molecule has 0 radical (unpaired) electrons. The highest BCUT2D eigenvalue weighted by molar-refractivity contribution is 6.26. The van der Waals surface area contributed by atoms with Gasteiger partial charge in [0, 0.05) is 21.7 Å². The third-order valence-electron chi connectivity index (χ3n) is 9.50. The Morgan fingerprint density at radius 3 is 1.62 bits per heavy atom. The van der Waals surface area contributed by atoms with Crippen molar-refractivity contribution in [2.75, 3.05) is 14.2 Å². The molecule has 0 saturated carbocycles. The van der Waals surface area contributed by atoms with Crippen LogP contribution in [0.3, 0.4) is 0 Å². The minimum absolute atomic E-state index is 0.0499. The minimum atomic E-state index is -0.375. The van der Waals surface area contributed by atoms with Crippen LogP contribution in [0, 0.1) is 0 Å². The van der Waals surface area contributed by atoms with Crippen molar-refractivity contribution in [2.24, 2.45) is 0 Å². The summed E-state index contributed by atoms with van der Waals surface area (Å²) in [6.45, 7) is 6.80. The van der Waals surface area contributed by atoms with Crippen LogP contribution in [0.15, 0.2) is 109 Å². The lowest BCUT2D eigenvalue weighted by Gasteiger charge is -2.21. The molecule has 5 heteroatoms. The number of hydrogen-bond donors (Lipinski definition) is 0. The molecular formula is C42H33NO4. The molecule has 3 aromatic heterocycles. The zero-order chi connectivity index (χ0) is 32.6. The molecule has 47 heavy (non-hydrogen) atoms. The highest BCUT2D eigenvalue weighted by atomic mass is 16.5. The van der Waals surface area contributed by atoms with Crippen LogP contribution in [0.1, 0.15) is 47.1 Å².